The molecule has 0 fully saturated rings. The van der Waals surface area contributed by atoms with E-state index in [1.807, 2.05) is 47.5 Å². The van der Waals surface area contributed by atoms with Crippen molar-refractivity contribution in [1.29, 1.82) is 0 Å². The third-order valence-corrected chi connectivity index (χ3v) is 5.19. The van der Waals surface area contributed by atoms with Crippen LogP contribution in [0, 0.1) is 0 Å². The van der Waals surface area contributed by atoms with Crippen LogP contribution in [0.5, 0.6) is 0 Å². The molecule has 5 heteroatoms. The molecule has 2 aromatic carbocycles. The van der Waals surface area contributed by atoms with Crippen molar-refractivity contribution in [1.82, 2.24) is 4.90 Å². The van der Waals surface area contributed by atoms with Crippen LogP contribution in [0.4, 0.5) is 5.69 Å². The number of hydrogen-bond donors (Lipinski definition) is 0. The summed E-state index contributed by atoms with van der Waals surface area (Å²) in [6.07, 6.45) is 0.953. The van der Waals surface area contributed by atoms with Crippen molar-refractivity contribution in [2.75, 3.05) is 31.8 Å². The highest BCUT2D eigenvalue weighted by atomic mass is 35.5. The van der Waals surface area contributed by atoms with E-state index in [-0.39, 0.29) is 0 Å². The second-order valence-corrected chi connectivity index (χ2v) is 7.04. The summed E-state index contributed by atoms with van der Waals surface area (Å²) in [6, 6.07) is 18.1. The molecule has 2 aliphatic heterocycles. The van der Waals surface area contributed by atoms with Gasteiger partial charge in [0.05, 0.1) is 36.2 Å². The fourth-order valence-corrected chi connectivity index (χ4v) is 3.65. The Bertz CT molecular complexity index is 847. The second kappa shape index (κ2) is 7.52. The Morgan fingerprint density at radius 3 is 2.62 bits per heavy atom. The fraction of sp³-hybridized carbons (Fsp3) is 0.286. The summed E-state index contributed by atoms with van der Waals surface area (Å²) >= 11 is 6.36. The van der Waals surface area contributed by atoms with Crippen LogP contribution in [0.25, 0.3) is 0 Å². The van der Waals surface area contributed by atoms with Gasteiger partial charge < -0.3 is 9.64 Å². The van der Waals surface area contributed by atoms with Crippen molar-refractivity contribution in [3.8, 4) is 0 Å². The van der Waals surface area contributed by atoms with Crippen molar-refractivity contribution >= 4 is 23.0 Å². The topological polar surface area (TPSA) is 28.1 Å². The van der Waals surface area contributed by atoms with Crippen molar-refractivity contribution in [3.05, 3.63) is 76.5 Å². The molecule has 0 bridgehead atoms. The van der Waals surface area contributed by atoms with Crippen LogP contribution in [0.15, 0.2) is 71.0 Å². The number of ether oxygens (including phenoxy) is 1. The molecule has 0 saturated carbocycles. The monoisotopic (exact) mass is 367 g/mol. The fourth-order valence-electron chi connectivity index (χ4n) is 3.42. The van der Waals surface area contributed by atoms with E-state index in [4.69, 9.17) is 21.4 Å². The molecule has 26 heavy (non-hydrogen) atoms. The first-order chi connectivity index (χ1) is 12.7. The molecular formula is C21H22ClN3O. The standard InChI is InChI=1S/C21H22ClN3O/c1-24-12-11-19-17(13-25(23-19)20-10-6-5-9-18(20)22)21(24)15-26-14-16-7-3-2-4-8-16/h2-10H,11-15H2,1H3. The number of halogens is 1. The quantitative estimate of drug-likeness (QED) is 0.787. The molecular weight excluding hydrogens is 346 g/mol. The maximum atomic E-state index is 6.36. The van der Waals surface area contributed by atoms with Gasteiger partial charge in [-0.25, -0.2) is 0 Å². The predicted molar refractivity (Wildman–Crippen MR) is 107 cm³/mol. The highest BCUT2D eigenvalue weighted by molar-refractivity contribution is 6.33. The van der Waals surface area contributed by atoms with E-state index in [1.54, 1.807) is 0 Å². The zero-order valence-corrected chi connectivity index (χ0v) is 15.6. The highest BCUT2D eigenvalue weighted by Crippen LogP contribution is 2.32. The molecule has 134 valence electrons. The molecule has 0 N–H and O–H groups in total. The average molecular weight is 368 g/mol. The smallest absolute Gasteiger partial charge is 0.0873 e. The van der Waals surface area contributed by atoms with E-state index >= 15 is 0 Å². The number of anilines is 1. The Kier molecular flexibility index (Phi) is 4.96. The van der Waals surface area contributed by atoms with Gasteiger partial charge in [0.25, 0.3) is 0 Å². The van der Waals surface area contributed by atoms with E-state index in [0.717, 1.165) is 35.9 Å². The number of hydrogen-bond acceptors (Lipinski definition) is 4. The largest absolute Gasteiger partial charge is 0.375 e. The Hall–Kier alpha value is -2.30. The van der Waals surface area contributed by atoms with Gasteiger partial charge >= 0.3 is 0 Å². The second-order valence-electron chi connectivity index (χ2n) is 6.63. The van der Waals surface area contributed by atoms with Gasteiger partial charge in [0.2, 0.25) is 0 Å². The van der Waals surface area contributed by atoms with Crippen LogP contribution in [-0.4, -0.2) is 37.4 Å². The van der Waals surface area contributed by atoms with E-state index < -0.39 is 0 Å². The molecule has 4 nitrogen and oxygen atoms in total. The molecule has 4 rings (SSSR count). The lowest BCUT2D eigenvalue weighted by Crippen LogP contribution is -2.32. The lowest BCUT2D eigenvalue weighted by atomic mass is 10.0. The molecule has 0 amide bonds. The Morgan fingerprint density at radius 2 is 1.81 bits per heavy atom. The van der Waals surface area contributed by atoms with Crippen LogP contribution >= 0.6 is 11.6 Å². The maximum Gasteiger partial charge on any atom is 0.0873 e. The Balaban J connectivity index is 1.51. The minimum Gasteiger partial charge on any atom is -0.375 e. The molecule has 0 radical (unpaired) electrons. The zero-order chi connectivity index (χ0) is 17.9. The third kappa shape index (κ3) is 3.48. The number of likely N-dealkylation sites (N-methyl/N-ethyl adjacent to an activating group) is 1. The number of para-hydroxylation sites is 1. The summed E-state index contributed by atoms with van der Waals surface area (Å²) in [7, 11) is 2.13. The molecule has 0 aliphatic carbocycles. The number of fused-ring (bicyclic) bond motifs is 1. The minimum atomic E-state index is 0.593. The lowest BCUT2D eigenvalue weighted by molar-refractivity contribution is 0.124. The summed E-state index contributed by atoms with van der Waals surface area (Å²) < 4.78 is 6.00. The number of hydrazone groups is 1. The predicted octanol–water partition coefficient (Wildman–Crippen LogP) is 4.32. The molecule has 0 saturated heterocycles. The molecule has 2 aromatic rings. The summed E-state index contributed by atoms with van der Waals surface area (Å²) in [5, 5.41) is 7.55. The molecule has 0 atom stereocenters. The summed E-state index contributed by atoms with van der Waals surface area (Å²) in [6.45, 7) is 2.92. The molecule has 0 aromatic heterocycles. The van der Waals surface area contributed by atoms with Crippen LogP contribution in [0.2, 0.25) is 5.02 Å². The van der Waals surface area contributed by atoms with Crippen LogP contribution in [-0.2, 0) is 11.3 Å². The first-order valence-electron chi connectivity index (χ1n) is 8.87. The van der Waals surface area contributed by atoms with Crippen LogP contribution in [0.1, 0.15) is 12.0 Å². The highest BCUT2D eigenvalue weighted by Gasteiger charge is 2.30. The van der Waals surface area contributed by atoms with Crippen molar-refractivity contribution < 1.29 is 4.74 Å². The lowest BCUT2D eigenvalue weighted by Gasteiger charge is -2.29. The number of nitrogens with zero attached hydrogens (tertiary/aromatic N) is 3. The summed E-state index contributed by atoms with van der Waals surface area (Å²) in [5.74, 6) is 0. The van der Waals surface area contributed by atoms with Gasteiger partial charge in [-0.15, -0.1) is 0 Å². The number of rotatable bonds is 5. The van der Waals surface area contributed by atoms with Crippen LogP contribution in [0.3, 0.4) is 0 Å². The minimum absolute atomic E-state index is 0.593. The number of benzene rings is 2. The van der Waals surface area contributed by atoms with Gasteiger partial charge in [-0.3, -0.25) is 5.01 Å². The molecule has 2 heterocycles. The van der Waals surface area contributed by atoms with Gasteiger partial charge in [0.15, 0.2) is 0 Å². The van der Waals surface area contributed by atoms with Gasteiger partial charge in [-0.05, 0) is 17.7 Å². The molecule has 0 spiro atoms. The summed E-state index contributed by atoms with van der Waals surface area (Å²) in [5.41, 5.74) is 5.79. The first-order valence-corrected chi connectivity index (χ1v) is 9.25. The molecule has 0 unspecified atom stereocenters. The van der Waals surface area contributed by atoms with Crippen LogP contribution < -0.4 is 5.01 Å². The van der Waals surface area contributed by atoms with E-state index in [0.29, 0.717) is 13.2 Å². The third-order valence-electron chi connectivity index (χ3n) is 4.87. The normalized spacial score (nSPS) is 16.8. The summed E-state index contributed by atoms with van der Waals surface area (Å²) in [4.78, 5) is 2.29. The van der Waals surface area contributed by atoms with Crippen molar-refractivity contribution in [2.24, 2.45) is 5.10 Å². The van der Waals surface area contributed by atoms with E-state index in [9.17, 15) is 0 Å². The maximum absolute atomic E-state index is 6.36. The van der Waals surface area contributed by atoms with E-state index in [1.165, 1.54) is 16.8 Å². The van der Waals surface area contributed by atoms with Gasteiger partial charge in [-0.1, -0.05) is 54.1 Å². The van der Waals surface area contributed by atoms with E-state index in [2.05, 4.69) is 24.1 Å². The first kappa shape index (κ1) is 17.1. The van der Waals surface area contributed by atoms with Gasteiger partial charge in [0.1, 0.15) is 0 Å². The van der Waals surface area contributed by atoms with Gasteiger partial charge in [0, 0.05) is 31.3 Å². The molecule has 2 aliphatic rings. The Morgan fingerprint density at radius 1 is 1.04 bits per heavy atom. The van der Waals surface area contributed by atoms with Crippen molar-refractivity contribution in [3.63, 3.8) is 0 Å². The SMILES string of the molecule is CN1CCC2=NN(c3ccccc3Cl)CC2=C1COCc1ccccc1. The Labute approximate surface area is 159 Å². The zero-order valence-electron chi connectivity index (χ0n) is 14.9. The average Bonchev–Trinajstić information content (AvgIpc) is 3.09. The van der Waals surface area contributed by atoms with Crippen molar-refractivity contribution in [2.45, 2.75) is 13.0 Å². The van der Waals surface area contributed by atoms with Gasteiger partial charge in [-0.2, -0.15) is 5.10 Å².